The normalized spacial score (nSPS) is 18.3. The molecule has 116 valence electrons. The summed E-state index contributed by atoms with van der Waals surface area (Å²) in [7, 11) is 3.01. The van der Waals surface area contributed by atoms with Crippen LogP contribution in [0.3, 0.4) is 0 Å². The van der Waals surface area contributed by atoms with Crippen molar-refractivity contribution in [1.82, 2.24) is 5.06 Å². The van der Waals surface area contributed by atoms with Gasteiger partial charge in [-0.25, -0.2) is 4.79 Å². The first-order chi connectivity index (χ1) is 9.99. The second kappa shape index (κ2) is 6.83. The molecule has 0 saturated carbocycles. The number of nitrogens with zero attached hydrogens (tertiary/aromatic N) is 1. The van der Waals surface area contributed by atoms with Crippen molar-refractivity contribution in [2.75, 3.05) is 32.6 Å². The van der Waals surface area contributed by atoms with Crippen LogP contribution in [0, 0.1) is 0 Å². The fourth-order valence-corrected chi connectivity index (χ4v) is 3.05. The number of hydroxylamine groups is 2. The summed E-state index contributed by atoms with van der Waals surface area (Å²) in [5, 5.41) is 6.09. The molecule has 0 aromatic heterocycles. The quantitative estimate of drug-likeness (QED) is 0.859. The molecule has 0 bridgehead atoms. The molecule has 1 aliphatic rings. The Morgan fingerprint density at radius 1 is 1.19 bits per heavy atom. The van der Waals surface area contributed by atoms with E-state index >= 15 is 0 Å². The van der Waals surface area contributed by atoms with Gasteiger partial charge in [-0.2, -0.15) is 5.06 Å². The molecule has 0 unspecified atom stereocenters. The largest absolute Gasteiger partial charge is 0.467 e. The maximum absolute atomic E-state index is 12.2. The van der Waals surface area contributed by atoms with Gasteiger partial charge in [0.15, 0.2) is 0 Å². The number of halogens is 2. The van der Waals surface area contributed by atoms with E-state index in [0.717, 1.165) is 0 Å². The molecule has 0 radical (unpaired) electrons. The summed E-state index contributed by atoms with van der Waals surface area (Å²) in [4.78, 5) is 17.4. The van der Waals surface area contributed by atoms with Gasteiger partial charge in [0.05, 0.1) is 14.2 Å². The summed E-state index contributed by atoms with van der Waals surface area (Å²) in [6.45, 7) is 1.26. The van der Waals surface area contributed by atoms with Crippen molar-refractivity contribution < 1.29 is 14.4 Å². The third-order valence-corrected chi connectivity index (χ3v) is 4.09. The summed E-state index contributed by atoms with van der Waals surface area (Å²) in [6.07, 6.45) is 1.13. The molecule has 0 spiro atoms. The van der Waals surface area contributed by atoms with Crippen LogP contribution in [-0.4, -0.2) is 43.9 Å². The Morgan fingerprint density at radius 3 is 2.24 bits per heavy atom. The first kappa shape index (κ1) is 16.4. The monoisotopic (exact) mass is 332 g/mol. The standard InChI is InChI=1S/C14H18Cl2N2O3/c1-20-13(19)14(3-5-18(21-2)6-4-14)17-12-8-10(15)7-11(16)9-12/h7-9,17H,3-6H2,1-2H3. The molecular formula is C14H18Cl2N2O3. The second-order valence-corrected chi connectivity index (χ2v) is 5.84. The number of benzene rings is 1. The van der Waals surface area contributed by atoms with E-state index in [2.05, 4.69) is 5.32 Å². The Morgan fingerprint density at radius 2 is 1.76 bits per heavy atom. The first-order valence-electron chi connectivity index (χ1n) is 6.61. The smallest absolute Gasteiger partial charge is 0.331 e. The van der Waals surface area contributed by atoms with Crippen LogP contribution >= 0.6 is 23.2 Å². The fraction of sp³-hybridized carbons (Fsp3) is 0.500. The van der Waals surface area contributed by atoms with E-state index < -0.39 is 5.54 Å². The van der Waals surface area contributed by atoms with Gasteiger partial charge in [-0.05, 0) is 31.0 Å². The minimum Gasteiger partial charge on any atom is -0.467 e. The van der Waals surface area contributed by atoms with Crippen LogP contribution < -0.4 is 5.32 Å². The molecule has 0 amide bonds. The minimum atomic E-state index is -0.794. The van der Waals surface area contributed by atoms with Gasteiger partial charge in [0.25, 0.3) is 0 Å². The van der Waals surface area contributed by atoms with Gasteiger partial charge in [-0.3, -0.25) is 0 Å². The lowest BCUT2D eigenvalue weighted by atomic mass is 9.87. The molecule has 1 fully saturated rings. The Bertz CT molecular complexity index is 497. The lowest BCUT2D eigenvalue weighted by Crippen LogP contribution is -2.54. The highest BCUT2D eigenvalue weighted by Crippen LogP contribution is 2.31. The number of methoxy groups -OCH3 is 1. The number of carbonyl (C=O) groups excluding carboxylic acids is 1. The number of hydrogen-bond donors (Lipinski definition) is 1. The zero-order chi connectivity index (χ0) is 15.5. The van der Waals surface area contributed by atoms with Crippen LogP contribution in [0.4, 0.5) is 5.69 Å². The minimum absolute atomic E-state index is 0.297. The van der Waals surface area contributed by atoms with E-state index in [1.807, 2.05) is 5.06 Å². The van der Waals surface area contributed by atoms with Crippen LogP contribution in [0.15, 0.2) is 18.2 Å². The van der Waals surface area contributed by atoms with Gasteiger partial charge in [-0.1, -0.05) is 23.2 Å². The van der Waals surface area contributed by atoms with Gasteiger partial charge in [0.1, 0.15) is 5.54 Å². The third-order valence-electron chi connectivity index (χ3n) is 3.66. The number of hydrogen-bond acceptors (Lipinski definition) is 5. The molecule has 1 aliphatic heterocycles. The van der Waals surface area contributed by atoms with Crippen LogP contribution in [-0.2, 0) is 14.4 Å². The summed E-state index contributed by atoms with van der Waals surface area (Å²) in [5.41, 5.74) is -0.0959. The number of carbonyl (C=O) groups is 1. The molecular weight excluding hydrogens is 315 g/mol. The van der Waals surface area contributed by atoms with Crippen LogP contribution in [0.5, 0.6) is 0 Å². The summed E-state index contributed by atoms with van der Waals surface area (Å²) in [5.74, 6) is -0.297. The number of ether oxygens (including phenoxy) is 1. The Balaban J connectivity index is 2.23. The van der Waals surface area contributed by atoms with Crippen LogP contribution in [0.1, 0.15) is 12.8 Å². The van der Waals surface area contributed by atoms with Gasteiger partial charge in [-0.15, -0.1) is 0 Å². The Hall–Kier alpha value is -1.01. The van der Waals surface area contributed by atoms with Crippen molar-refractivity contribution in [2.45, 2.75) is 18.4 Å². The molecule has 0 aliphatic carbocycles. The topological polar surface area (TPSA) is 50.8 Å². The number of esters is 1. The maximum atomic E-state index is 12.2. The van der Waals surface area contributed by atoms with Gasteiger partial charge < -0.3 is 14.9 Å². The fourth-order valence-electron chi connectivity index (χ4n) is 2.53. The van der Waals surface area contributed by atoms with E-state index in [9.17, 15) is 4.79 Å². The average molecular weight is 333 g/mol. The van der Waals surface area contributed by atoms with Crippen molar-refractivity contribution in [1.29, 1.82) is 0 Å². The van der Waals surface area contributed by atoms with E-state index in [0.29, 0.717) is 41.7 Å². The Kier molecular flexibility index (Phi) is 5.32. The molecule has 2 rings (SSSR count). The lowest BCUT2D eigenvalue weighted by molar-refractivity contribution is -0.165. The Labute approximate surface area is 134 Å². The molecule has 0 atom stereocenters. The summed E-state index contributed by atoms with van der Waals surface area (Å²) < 4.78 is 4.97. The van der Waals surface area contributed by atoms with Crippen molar-refractivity contribution >= 4 is 34.9 Å². The zero-order valence-corrected chi connectivity index (χ0v) is 13.5. The van der Waals surface area contributed by atoms with Crippen molar-refractivity contribution in [3.05, 3.63) is 28.2 Å². The maximum Gasteiger partial charge on any atom is 0.331 e. The van der Waals surface area contributed by atoms with Crippen molar-refractivity contribution in [3.63, 3.8) is 0 Å². The molecule has 1 N–H and O–H groups in total. The molecule has 21 heavy (non-hydrogen) atoms. The van der Waals surface area contributed by atoms with Gasteiger partial charge >= 0.3 is 5.97 Å². The highest BCUT2D eigenvalue weighted by Gasteiger charge is 2.42. The molecule has 1 aromatic rings. The van der Waals surface area contributed by atoms with Gasteiger partial charge in [0, 0.05) is 28.8 Å². The predicted octanol–water partition coefficient (Wildman–Crippen LogP) is 2.97. The zero-order valence-electron chi connectivity index (χ0n) is 12.0. The highest BCUT2D eigenvalue weighted by molar-refractivity contribution is 6.35. The van der Waals surface area contributed by atoms with E-state index in [4.69, 9.17) is 32.8 Å². The van der Waals surface area contributed by atoms with E-state index in [-0.39, 0.29) is 5.97 Å². The first-order valence-corrected chi connectivity index (χ1v) is 7.36. The highest BCUT2D eigenvalue weighted by atomic mass is 35.5. The number of rotatable bonds is 4. The molecule has 1 saturated heterocycles. The molecule has 7 heteroatoms. The summed E-state index contributed by atoms with van der Waals surface area (Å²) >= 11 is 12.0. The second-order valence-electron chi connectivity index (χ2n) is 4.97. The SMILES string of the molecule is COC(=O)C1(Nc2cc(Cl)cc(Cl)c2)CCN(OC)CC1. The average Bonchev–Trinajstić information content (AvgIpc) is 2.46. The number of nitrogens with one attached hydrogen (secondary N) is 1. The lowest BCUT2D eigenvalue weighted by Gasteiger charge is -2.39. The molecule has 5 nitrogen and oxygen atoms in total. The summed E-state index contributed by atoms with van der Waals surface area (Å²) in [6, 6.07) is 5.12. The van der Waals surface area contributed by atoms with E-state index in [1.165, 1.54) is 7.11 Å². The number of anilines is 1. The molecule has 1 aromatic carbocycles. The van der Waals surface area contributed by atoms with Crippen molar-refractivity contribution in [2.24, 2.45) is 0 Å². The predicted molar refractivity (Wildman–Crippen MR) is 82.6 cm³/mol. The van der Waals surface area contributed by atoms with Crippen LogP contribution in [0.25, 0.3) is 0 Å². The van der Waals surface area contributed by atoms with E-state index in [1.54, 1.807) is 25.3 Å². The van der Waals surface area contributed by atoms with Gasteiger partial charge in [0.2, 0.25) is 0 Å². The third kappa shape index (κ3) is 3.80. The molecule has 1 heterocycles. The van der Waals surface area contributed by atoms with Crippen LogP contribution in [0.2, 0.25) is 10.0 Å². The number of piperidine rings is 1. The van der Waals surface area contributed by atoms with Crippen molar-refractivity contribution in [3.8, 4) is 0 Å².